The Morgan fingerprint density at radius 1 is 1.00 bits per heavy atom. The van der Waals surface area contributed by atoms with Crippen LogP contribution in [-0.4, -0.2) is 20.5 Å². The first-order valence-electron chi connectivity index (χ1n) is 5.58. The van der Waals surface area contributed by atoms with Gasteiger partial charge < -0.3 is 5.73 Å². The fraction of sp³-hybridized carbons (Fsp3) is 0.0714. The first kappa shape index (κ1) is 13.3. The number of anilines is 1. The monoisotopic (exact) mass is 275 g/mol. The molecule has 0 aliphatic rings. The average Bonchev–Trinajstić information content (AvgIpc) is 2.37. The van der Waals surface area contributed by atoms with Gasteiger partial charge in [-0.05, 0) is 18.2 Å². The second kappa shape index (κ2) is 4.85. The van der Waals surface area contributed by atoms with Crippen LogP contribution in [0, 0.1) is 0 Å². The number of nitrogens with two attached hydrogens (primary N) is 1. The van der Waals surface area contributed by atoms with E-state index in [1.807, 2.05) is 0 Å². The fourth-order valence-corrected chi connectivity index (χ4v) is 2.41. The third kappa shape index (κ3) is 3.00. The van der Waals surface area contributed by atoms with Gasteiger partial charge in [0.25, 0.3) is 0 Å². The van der Waals surface area contributed by atoms with Crippen LogP contribution in [0.2, 0.25) is 0 Å². The van der Waals surface area contributed by atoms with E-state index in [2.05, 4.69) is 0 Å². The zero-order valence-electron chi connectivity index (χ0n) is 10.3. The van der Waals surface area contributed by atoms with Crippen molar-refractivity contribution in [2.45, 2.75) is 4.90 Å². The van der Waals surface area contributed by atoms with Crippen LogP contribution in [0.5, 0.6) is 0 Å². The molecule has 0 aliphatic heterocycles. The van der Waals surface area contributed by atoms with E-state index in [-0.39, 0.29) is 21.9 Å². The number of hydrogen-bond donors (Lipinski definition) is 1. The Hall–Kier alpha value is -2.14. The van der Waals surface area contributed by atoms with Gasteiger partial charge in [0, 0.05) is 23.1 Å². The maximum atomic E-state index is 12.2. The Bertz CT molecular complexity index is 722. The minimum absolute atomic E-state index is 0.0479. The topological polar surface area (TPSA) is 77.2 Å². The van der Waals surface area contributed by atoms with Crippen molar-refractivity contribution in [2.24, 2.45) is 0 Å². The molecule has 2 rings (SSSR count). The molecule has 0 bridgehead atoms. The van der Waals surface area contributed by atoms with Crippen molar-refractivity contribution in [3.05, 3.63) is 59.7 Å². The van der Waals surface area contributed by atoms with Gasteiger partial charge in [-0.15, -0.1) is 0 Å². The molecule has 0 saturated heterocycles. The first-order chi connectivity index (χ1) is 8.88. The molecular weight excluding hydrogens is 262 g/mol. The Balaban J connectivity index is 2.52. The van der Waals surface area contributed by atoms with Gasteiger partial charge in [0.2, 0.25) is 0 Å². The highest BCUT2D eigenvalue weighted by atomic mass is 32.2. The zero-order valence-corrected chi connectivity index (χ0v) is 11.1. The summed E-state index contributed by atoms with van der Waals surface area (Å²) in [7, 11) is -3.40. The van der Waals surface area contributed by atoms with Crippen LogP contribution >= 0.6 is 0 Å². The summed E-state index contributed by atoms with van der Waals surface area (Å²) in [6.07, 6.45) is 1.08. The van der Waals surface area contributed by atoms with E-state index >= 15 is 0 Å². The number of carbonyl (C=O) groups excluding carboxylic acids is 1. The zero-order chi connectivity index (χ0) is 14.0. The maximum absolute atomic E-state index is 12.2. The molecule has 0 unspecified atom stereocenters. The van der Waals surface area contributed by atoms with Crippen LogP contribution in [0.4, 0.5) is 5.69 Å². The first-order valence-corrected chi connectivity index (χ1v) is 7.47. The molecule has 0 fully saturated rings. The molecule has 0 radical (unpaired) electrons. The van der Waals surface area contributed by atoms with E-state index in [4.69, 9.17) is 5.73 Å². The van der Waals surface area contributed by atoms with Crippen molar-refractivity contribution in [3.63, 3.8) is 0 Å². The fourth-order valence-electron chi connectivity index (χ4n) is 1.72. The molecule has 19 heavy (non-hydrogen) atoms. The number of carbonyl (C=O) groups is 1. The second-order valence-electron chi connectivity index (χ2n) is 4.26. The molecule has 5 heteroatoms. The Morgan fingerprint density at radius 2 is 1.63 bits per heavy atom. The average molecular weight is 275 g/mol. The summed E-state index contributed by atoms with van der Waals surface area (Å²) in [5.41, 5.74) is 6.67. The Labute approximate surface area is 111 Å². The van der Waals surface area contributed by atoms with E-state index in [0.717, 1.165) is 6.26 Å². The van der Waals surface area contributed by atoms with Crippen LogP contribution in [0.25, 0.3) is 0 Å². The van der Waals surface area contributed by atoms with Gasteiger partial charge in [0.1, 0.15) is 0 Å². The molecular formula is C14H13NO3S. The lowest BCUT2D eigenvalue weighted by molar-refractivity contribution is 0.103. The number of hydrogen-bond acceptors (Lipinski definition) is 4. The third-order valence-electron chi connectivity index (χ3n) is 2.66. The van der Waals surface area contributed by atoms with E-state index in [0.29, 0.717) is 5.56 Å². The quantitative estimate of drug-likeness (QED) is 0.685. The normalized spacial score (nSPS) is 11.2. The largest absolute Gasteiger partial charge is 0.399 e. The van der Waals surface area contributed by atoms with Crippen LogP contribution in [0.15, 0.2) is 53.4 Å². The van der Waals surface area contributed by atoms with Gasteiger partial charge in [-0.1, -0.05) is 30.3 Å². The number of nitrogen functional groups attached to an aromatic ring is 1. The summed E-state index contributed by atoms with van der Waals surface area (Å²) in [6, 6.07) is 12.8. The molecule has 0 spiro atoms. The molecule has 4 nitrogen and oxygen atoms in total. The number of sulfone groups is 1. The van der Waals surface area contributed by atoms with E-state index in [9.17, 15) is 13.2 Å². The maximum Gasteiger partial charge on any atom is 0.193 e. The predicted molar refractivity (Wildman–Crippen MR) is 73.8 cm³/mol. The van der Waals surface area contributed by atoms with Crippen molar-refractivity contribution in [1.29, 1.82) is 0 Å². The number of benzene rings is 2. The SMILES string of the molecule is CS(=O)(=O)c1cc(N)cc(C(=O)c2ccccc2)c1. The van der Waals surface area contributed by atoms with Crippen molar-refractivity contribution in [3.8, 4) is 0 Å². The molecule has 2 aromatic carbocycles. The minimum atomic E-state index is -3.40. The van der Waals surface area contributed by atoms with Crippen molar-refractivity contribution >= 4 is 21.3 Å². The summed E-state index contributed by atoms with van der Waals surface area (Å²) in [6.45, 7) is 0. The number of ketones is 1. The molecule has 0 atom stereocenters. The van der Waals surface area contributed by atoms with E-state index in [1.165, 1.54) is 18.2 Å². The summed E-state index contributed by atoms with van der Waals surface area (Å²) in [5.74, 6) is -0.252. The van der Waals surface area contributed by atoms with Crippen LogP contribution in [0.3, 0.4) is 0 Å². The van der Waals surface area contributed by atoms with Crippen LogP contribution in [0.1, 0.15) is 15.9 Å². The van der Waals surface area contributed by atoms with Gasteiger partial charge >= 0.3 is 0 Å². The van der Waals surface area contributed by atoms with Crippen LogP contribution in [-0.2, 0) is 9.84 Å². The smallest absolute Gasteiger partial charge is 0.193 e. The Morgan fingerprint density at radius 3 is 2.21 bits per heavy atom. The molecule has 0 aliphatic carbocycles. The van der Waals surface area contributed by atoms with Gasteiger partial charge in [0.15, 0.2) is 15.6 Å². The summed E-state index contributed by atoms with van der Waals surface area (Å²) >= 11 is 0. The molecule has 98 valence electrons. The standard InChI is InChI=1S/C14H13NO3S/c1-19(17,18)13-8-11(7-12(15)9-13)14(16)10-5-3-2-4-6-10/h2-9H,15H2,1H3. The summed E-state index contributed by atoms with van der Waals surface area (Å²) < 4.78 is 23.1. The summed E-state index contributed by atoms with van der Waals surface area (Å²) in [5, 5.41) is 0. The number of rotatable bonds is 3. The van der Waals surface area contributed by atoms with Crippen molar-refractivity contribution < 1.29 is 13.2 Å². The molecule has 2 aromatic rings. The van der Waals surface area contributed by atoms with E-state index < -0.39 is 9.84 Å². The van der Waals surface area contributed by atoms with Gasteiger partial charge in [-0.3, -0.25) is 4.79 Å². The van der Waals surface area contributed by atoms with Gasteiger partial charge in [-0.25, -0.2) is 8.42 Å². The van der Waals surface area contributed by atoms with Gasteiger partial charge in [-0.2, -0.15) is 0 Å². The lowest BCUT2D eigenvalue weighted by atomic mass is 10.0. The minimum Gasteiger partial charge on any atom is -0.399 e. The molecule has 0 saturated carbocycles. The molecule has 0 amide bonds. The molecule has 0 aromatic heterocycles. The molecule has 2 N–H and O–H groups in total. The van der Waals surface area contributed by atoms with E-state index in [1.54, 1.807) is 30.3 Å². The van der Waals surface area contributed by atoms with Crippen molar-refractivity contribution in [1.82, 2.24) is 0 Å². The molecule has 0 heterocycles. The highest BCUT2D eigenvalue weighted by Gasteiger charge is 2.14. The van der Waals surface area contributed by atoms with Crippen molar-refractivity contribution in [2.75, 3.05) is 12.0 Å². The highest BCUT2D eigenvalue weighted by molar-refractivity contribution is 7.90. The highest BCUT2D eigenvalue weighted by Crippen LogP contribution is 2.19. The Kier molecular flexibility index (Phi) is 3.40. The summed E-state index contributed by atoms with van der Waals surface area (Å²) in [4.78, 5) is 12.3. The lowest BCUT2D eigenvalue weighted by Gasteiger charge is -2.06. The third-order valence-corrected chi connectivity index (χ3v) is 3.75. The lowest BCUT2D eigenvalue weighted by Crippen LogP contribution is -2.06. The van der Waals surface area contributed by atoms with Gasteiger partial charge in [0.05, 0.1) is 4.90 Å². The predicted octanol–water partition coefficient (Wildman–Crippen LogP) is 1.90. The van der Waals surface area contributed by atoms with Crippen LogP contribution < -0.4 is 5.73 Å². The second-order valence-corrected chi connectivity index (χ2v) is 6.27.